The number of aliphatic hydroxyl groups excluding tert-OH is 1. The number of amides is 7. The van der Waals surface area contributed by atoms with Crippen molar-refractivity contribution in [3.8, 4) is 0 Å². The molecule has 0 radical (unpaired) electrons. The van der Waals surface area contributed by atoms with Crippen molar-refractivity contribution in [3.05, 3.63) is 35.9 Å². The van der Waals surface area contributed by atoms with Crippen LogP contribution in [0.5, 0.6) is 0 Å². The highest BCUT2D eigenvalue weighted by Gasteiger charge is 2.43. The molecule has 55 heavy (non-hydrogen) atoms. The molecule has 0 aromatic heterocycles. The Hall–Kier alpha value is -4.53. The highest BCUT2D eigenvalue weighted by atomic mass is 16.3. The number of carbonyl (C=O) groups is 7. The van der Waals surface area contributed by atoms with Gasteiger partial charge in [-0.15, -0.1) is 0 Å². The summed E-state index contributed by atoms with van der Waals surface area (Å²) in [4.78, 5) is 101. The maximum atomic E-state index is 14.4. The summed E-state index contributed by atoms with van der Waals surface area (Å²) in [5.74, 6) is -4.89. The summed E-state index contributed by atoms with van der Waals surface area (Å²) in [6, 6.07) is 1.57. The molecular weight excluding hydrogens is 706 g/mol. The van der Waals surface area contributed by atoms with Crippen molar-refractivity contribution in [2.75, 3.05) is 19.7 Å². The summed E-state index contributed by atoms with van der Waals surface area (Å²) in [6.07, 6.45) is 3.07. The fraction of sp³-hybridized carbons (Fsp3) is 0.675. The molecule has 0 saturated carbocycles. The lowest BCUT2D eigenvalue weighted by molar-refractivity contribution is -0.144. The average molecular weight is 768 g/mol. The van der Waals surface area contributed by atoms with Gasteiger partial charge in [-0.1, -0.05) is 84.7 Å². The number of aliphatic hydroxyl groups is 1. The zero-order valence-corrected chi connectivity index (χ0v) is 33.1. The van der Waals surface area contributed by atoms with Gasteiger partial charge >= 0.3 is 0 Å². The SMILES string of the molecule is CC[C@H](C)[C@@H]1NC(=O)[C@H]2CCCN2C(=O)[C@H](Cc2ccccc2)NC(=O)[C@H](CC(C)C)NC(=O)[C@@H]2CCCN2C(=O)[C@H]([C@@H](C)CC)NC(=O)[C@H](CO)NC1=O. The molecule has 3 aliphatic heterocycles. The lowest BCUT2D eigenvalue weighted by Crippen LogP contribution is -2.61. The molecule has 7 amide bonds. The van der Waals surface area contributed by atoms with E-state index in [2.05, 4.69) is 26.6 Å². The van der Waals surface area contributed by atoms with Gasteiger partial charge in [-0.25, -0.2) is 0 Å². The molecule has 4 rings (SSSR count). The first-order valence-electron chi connectivity index (χ1n) is 20.0. The zero-order valence-electron chi connectivity index (χ0n) is 33.1. The van der Waals surface area contributed by atoms with Crippen LogP contribution in [-0.4, -0.2) is 118 Å². The van der Waals surface area contributed by atoms with Crippen molar-refractivity contribution >= 4 is 41.4 Å². The molecule has 1 aromatic rings. The molecule has 3 saturated heterocycles. The first kappa shape index (κ1) is 43.2. The smallest absolute Gasteiger partial charge is 0.246 e. The monoisotopic (exact) mass is 767 g/mol. The quantitative estimate of drug-likeness (QED) is 0.211. The van der Waals surface area contributed by atoms with Gasteiger partial charge in [-0.2, -0.15) is 0 Å². The van der Waals surface area contributed by atoms with Crippen LogP contribution >= 0.6 is 0 Å². The molecule has 15 nitrogen and oxygen atoms in total. The Morgan fingerprint density at radius 1 is 0.618 bits per heavy atom. The van der Waals surface area contributed by atoms with E-state index in [-0.39, 0.29) is 37.8 Å². The Morgan fingerprint density at radius 2 is 1.11 bits per heavy atom. The third kappa shape index (κ3) is 10.8. The predicted octanol–water partition coefficient (Wildman–Crippen LogP) is 0.779. The molecule has 0 spiro atoms. The minimum atomic E-state index is -1.45. The van der Waals surface area contributed by atoms with Crippen LogP contribution in [0.4, 0.5) is 0 Å². The van der Waals surface area contributed by atoms with Crippen molar-refractivity contribution in [1.29, 1.82) is 0 Å². The van der Waals surface area contributed by atoms with Crippen molar-refractivity contribution in [2.24, 2.45) is 17.8 Å². The van der Waals surface area contributed by atoms with Crippen LogP contribution < -0.4 is 26.6 Å². The van der Waals surface area contributed by atoms with Crippen molar-refractivity contribution < 1.29 is 38.7 Å². The van der Waals surface area contributed by atoms with Crippen molar-refractivity contribution in [2.45, 2.75) is 135 Å². The van der Waals surface area contributed by atoms with Crippen LogP contribution in [0.3, 0.4) is 0 Å². The summed E-state index contributed by atoms with van der Waals surface area (Å²) >= 11 is 0. The van der Waals surface area contributed by atoms with Gasteiger partial charge in [0, 0.05) is 19.5 Å². The summed E-state index contributed by atoms with van der Waals surface area (Å²) in [7, 11) is 0. The van der Waals surface area contributed by atoms with E-state index in [1.165, 1.54) is 9.80 Å². The number of rotatable bonds is 9. The molecule has 15 heteroatoms. The highest BCUT2D eigenvalue weighted by Crippen LogP contribution is 2.24. The van der Waals surface area contributed by atoms with Crippen LogP contribution in [0, 0.1) is 17.8 Å². The average Bonchev–Trinajstić information content (AvgIpc) is 3.87. The molecule has 3 fully saturated rings. The van der Waals surface area contributed by atoms with Crippen LogP contribution in [0.25, 0.3) is 0 Å². The number of hydrogen-bond acceptors (Lipinski definition) is 8. The molecule has 304 valence electrons. The minimum absolute atomic E-state index is 0.0268. The van der Waals surface area contributed by atoms with Crippen LogP contribution in [-0.2, 0) is 40.0 Å². The summed E-state index contributed by atoms with van der Waals surface area (Å²) in [6.45, 7) is 10.8. The Bertz CT molecular complexity index is 1540. The number of nitrogens with zero attached hydrogens (tertiary/aromatic N) is 2. The number of nitrogens with one attached hydrogen (secondary N) is 5. The van der Waals surface area contributed by atoms with E-state index < -0.39 is 96.2 Å². The third-order valence-electron chi connectivity index (χ3n) is 11.3. The maximum absolute atomic E-state index is 14.4. The highest BCUT2D eigenvalue weighted by molar-refractivity contribution is 5.99. The minimum Gasteiger partial charge on any atom is -0.394 e. The van der Waals surface area contributed by atoms with Gasteiger partial charge < -0.3 is 41.5 Å². The maximum Gasteiger partial charge on any atom is 0.246 e. The van der Waals surface area contributed by atoms with Gasteiger partial charge in [0.1, 0.15) is 42.3 Å². The van der Waals surface area contributed by atoms with E-state index in [0.717, 1.165) is 5.56 Å². The van der Waals surface area contributed by atoms with Crippen LogP contribution in [0.2, 0.25) is 0 Å². The summed E-state index contributed by atoms with van der Waals surface area (Å²) < 4.78 is 0. The van der Waals surface area contributed by atoms with E-state index in [9.17, 15) is 38.7 Å². The normalized spacial score (nSPS) is 28.9. The van der Waals surface area contributed by atoms with Gasteiger partial charge in [0.15, 0.2) is 0 Å². The number of benzene rings is 1. The topological polar surface area (TPSA) is 206 Å². The number of hydrogen-bond donors (Lipinski definition) is 6. The lowest BCUT2D eigenvalue weighted by Gasteiger charge is -2.33. The van der Waals surface area contributed by atoms with E-state index in [0.29, 0.717) is 38.5 Å². The molecular formula is C40H61N7O8. The molecule has 9 atom stereocenters. The molecule has 0 unspecified atom stereocenters. The Morgan fingerprint density at radius 3 is 1.67 bits per heavy atom. The molecule has 1 aromatic carbocycles. The van der Waals surface area contributed by atoms with Crippen LogP contribution in [0.1, 0.15) is 92.1 Å². The predicted molar refractivity (Wildman–Crippen MR) is 205 cm³/mol. The van der Waals surface area contributed by atoms with Gasteiger partial charge in [0.2, 0.25) is 41.4 Å². The third-order valence-corrected chi connectivity index (χ3v) is 11.3. The number of carbonyl (C=O) groups excluding carboxylic acids is 7. The second-order valence-electron chi connectivity index (χ2n) is 15.8. The Kier molecular flexibility index (Phi) is 15.6. The zero-order chi connectivity index (χ0) is 40.4. The molecule has 3 aliphatic rings. The summed E-state index contributed by atoms with van der Waals surface area (Å²) in [5.41, 5.74) is 0.780. The Balaban J connectivity index is 1.78. The van der Waals surface area contributed by atoms with Crippen LogP contribution in [0.15, 0.2) is 30.3 Å². The van der Waals surface area contributed by atoms with Gasteiger partial charge in [0.05, 0.1) is 6.61 Å². The van der Waals surface area contributed by atoms with E-state index in [4.69, 9.17) is 0 Å². The van der Waals surface area contributed by atoms with Crippen molar-refractivity contribution in [3.63, 3.8) is 0 Å². The molecule has 6 N–H and O–H groups in total. The molecule has 0 aliphatic carbocycles. The van der Waals surface area contributed by atoms with Gasteiger partial charge in [-0.3, -0.25) is 33.6 Å². The standard InChI is InChI=1S/C40H61N7O8/c1-7-24(5)32-38(53)43-29(22-48)35(50)45-33(25(6)8-2)40(55)47-19-13-16-30(47)36(51)41-27(20-23(3)4)34(49)42-28(21-26-14-10-9-11-15-26)39(54)46-18-12-17-31(46)37(52)44-32/h9-11,14-15,23-25,27-33,48H,7-8,12-13,16-22H2,1-6H3,(H,41,51)(H,42,49)(H,43,53)(H,44,52)(H,45,50)/t24-,25-,27-,28-,29-,30-,31+,32-,33-/m0/s1. The Labute approximate surface area is 324 Å². The fourth-order valence-corrected chi connectivity index (χ4v) is 7.62. The first-order chi connectivity index (χ1) is 26.2. The first-order valence-corrected chi connectivity index (χ1v) is 20.0. The fourth-order valence-electron chi connectivity index (χ4n) is 7.62. The van der Waals surface area contributed by atoms with Crippen molar-refractivity contribution in [1.82, 2.24) is 36.4 Å². The summed E-state index contributed by atoms with van der Waals surface area (Å²) in [5, 5.41) is 24.2. The van der Waals surface area contributed by atoms with E-state index in [1.54, 1.807) is 13.8 Å². The van der Waals surface area contributed by atoms with Gasteiger partial charge in [-0.05, 0) is 55.4 Å². The lowest BCUT2D eigenvalue weighted by atomic mass is 9.96. The largest absolute Gasteiger partial charge is 0.394 e. The second kappa shape index (κ2) is 19.9. The second-order valence-corrected chi connectivity index (χ2v) is 15.8. The van der Waals surface area contributed by atoms with E-state index >= 15 is 0 Å². The van der Waals surface area contributed by atoms with Gasteiger partial charge in [0.25, 0.3) is 0 Å². The molecule has 0 bridgehead atoms. The van der Waals surface area contributed by atoms with E-state index in [1.807, 2.05) is 58.0 Å². The molecule has 3 heterocycles. The number of fused-ring (bicyclic) bond motifs is 2.